The van der Waals surface area contributed by atoms with Crippen molar-refractivity contribution in [3.05, 3.63) is 29.3 Å². The zero-order chi connectivity index (χ0) is 20.6. The second-order valence-electron chi connectivity index (χ2n) is 8.19. The molecule has 1 aliphatic heterocycles. The molecule has 2 atom stereocenters. The summed E-state index contributed by atoms with van der Waals surface area (Å²) in [6.07, 6.45) is 0.605. The number of benzene rings is 1. The number of amides is 2. The molecule has 1 N–H and O–H groups in total. The minimum Gasteiger partial charge on any atom is -0.444 e. The van der Waals surface area contributed by atoms with Gasteiger partial charge >= 0.3 is 6.09 Å². The average molecular weight is 397 g/mol. The van der Waals surface area contributed by atoms with Gasteiger partial charge in [0.25, 0.3) is 5.91 Å². The van der Waals surface area contributed by atoms with E-state index in [-0.39, 0.29) is 22.8 Å². The van der Waals surface area contributed by atoms with Crippen LogP contribution in [0.3, 0.4) is 0 Å². The highest BCUT2D eigenvalue weighted by Crippen LogP contribution is 2.23. The molecule has 1 heterocycles. The molecule has 150 valence electrons. The third-order valence-corrected chi connectivity index (χ3v) is 5.58. The third kappa shape index (κ3) is 5.45. The maximum absolute atomic E-state index is 12.9. The summed E-state index contributed by atoms with van der Waals surface area (Å²) in [5, 5.41) is 2.82. The number of sulfone groups is 1. The van der Waals surface area contributed by atoms with Crippen LogP contribution in [0, 0.1) is 12.8 Å². The lowest BCUT2D eigenvalue weighted by Gasteiger charge is -2.23. The summed E-state index contributed by atoms with van der Waals surface area (Å²) in [5.41, 5.74) is 0.483. The molecule has 1 aromatic carbocycles. The highest BCUT2D eigenvalue weighted by Gasteiger charge is 2.35. The van der Waals surface area contributed by atoms with Crippen molar-refractivity contribution in [3.63, 3.8) is 0 Å². The van der Waals surface area contributed by atoms with Crippen LogP contribution < -0.4 is 5.32 Å². The number of ether oxygens (including phenoxy) is 1. The summed E-state index contributed by atoms with van der Waals surface area (Å²) in [6, 6.07) is 4.34. The van der Waals surface area contributed by atoms with Crippen LogP contribution in [0.1, 0.15) is 43.6 Å². The first-order chi connectivity index (χ1) is 12.3. The molecule has 0 bridgehead atoms. The highest BCUT2D eigenvalue weighted by molar-refractivity contribution is 7.90. The fraction of sp³-hybridized carbons (Fsp3) is 0.579. The summed E-state index contributed by atoms with van der Waals surface area (Å²) in [7, 11) is -3.40. The van der Waals surface area contributed by atoms with Gasteiger partial charge in [0.15, 0.2) is 9.84 Å². The number of hydrogen-bond donors (Lipinski definition) is 1. The standard InChI is InChI=1S/C19H28N2O5S/c1-12-7-8-14(27(6,24)25)9-15(12)17(22)21-10-13(2)16(11-21)20-18(23)26-19(3,4)5/h7-9,13,16H,10-11H2,1-6H3,(H,20,23)/t13-,16-/m1/s1. The number of aryl methyl sites for hydroxylation is 1. The second kappa shape index (κ2) is 7.50. The van der Waals surface area contributed by atoms with Crippen LogP contribution in [0.25, 0.3) is 0 Å². The second-order valence-corrected chi connectivity index (χ2v) is 10.2. The predicted octanol–water partition coefficient (Wildman–Crippen LogP) is 2.38. The molecule has 0 aliphatic carbocycles. The molecule has 1 saturated heterocycles. The van der Waals surface area contributed by atoms with Gasteiger partial charge < -0.3 is 15.0 Å². The first kappa shape index (κ1) is 21.2. The van der Waals surface area contributed by atoms with Gasteiger partial charge in [0.05, 0.1) is 10.9 Å². The predicted molar refractivity (Wildman–Crippen MR) is 103 cm³/mol. The van der Waals surface area contributed by atoms with Crippen molar-refractivity contribution in [3.8, 4) is 0 Å². The fourth-order valence-corrected chi connectivity index (χ4v) is 3.66. The molecular weight excluding hydrogens is 368 g/mol. The largest absolute Gasteiger partial charge is 0.444 e. The van der Waals surface area contributed by atoms with Gasteiger partial charge in [-0.1, -0.05) is 13.0 Å². The van der Waals surface area contributed by atoms with Crippen molar-refractivity contribution in [1.82, 2.24) is 10.2 Å². The number of rotatable bonds is 3. The number of nitrogens with zero attached hydrogens (tertiary/aromatic N) is 1. The molecule has 27 heavy (non-hydrogen) atoms. The lowest BCUT2D eigenvalue weighted by Crippen LogP contribution is -2.43. The monoisotopic (exact) mass is 396 g/mol. The molecule has 0 saturated carbocycles. The maximum atomic E-state index is 12.9. The lowest BCUT2D eigenvalue weighted by atomic mass is 10.1. The molecule has 0 radical (unpaired) electrons. The molecule has 2 rings (SSSR count). The average Bonchev–Trinajstić information content (AvgIpc) is 2.85. The van der Waals surface area contributed by atoms with Gasteiger partial charge in [-0.2, -0.15) is 0 Å². The minimum atomic E-state index is -3.40. The van der Waals surface area contributed by atoms with Crippen molar-refractivity contribution >= 4 is 21.8 Å². The van der Waals surface area contributed by atoms with E-state index >= 15 is 0 Å². The van der Waals surface area contributed by atoms with Crippen molar-refractivity contribution in [2.75, 3.05) is 19.3 Å². The van der Waals surface area contributed by atoms with Crippen molar-refractivity contribution in [2.45, 2.75) is 51.2 Å². The molecule has 1 fully saturated rings. The lowest BCUT2D eigenvalue weighted by molar-refractivity contribution is 0.0494. The summed E-state index contributed by atoms with van der Waals surface area (Å²) in [4.78, 5) is 26.7. The molecule has 0 spiro atoms. The molecule has 1 aliphatic rings. The molecule has 1 aromatic rings. The normalized spacial score (nSPS) is 20.4. The van der Waals surface area contributed by atoms with E-state index in [0.29, 0.717) is 24.2 Å². The van der Waals surface area contributed by atoms with Crippen LogP contribution in [0.2, 0.25) is 0 Å². The minimum absolute atomic E-state index is 0.0554. The zero-order valence-electron chi connectivity index (χ0n) is 16.7. The highest BCUT2D eigenvalue weighted by atomic mass is 32.2. The SMILES string of the molecule is Cc1ccc(S(C)(=O)=O)cc1C(=O)N1C[C@@H](C)[C@H](NC(=O)OC(C)(C)C)C1. The Labute approximate surface area is 161 Å². The van der Waals surface area contributed by atoms with Crippen LogP contribution in [0.4, 0.5) is 4.79 Å². The number of nitrogens with one attached hydrogen (secondary N) is 1. The summed E-state index contributed by atoms with van der Waals surface area (Å²) >= 11 is 0. The van der Waals surface area contributed by atoms with Crippen LogP contribution >= 0.6 is 0 Å². The number of hydrogen-bond acceptors (Lipinski definition) is 5. The third-order valence-electron chi connectivity index (χ3n) is 4.47. The van der Waals surface area contributed by atoms with E-state index in [1.165, 1.54) is 12.1 Å². The van der Waals surface area contributed by atoms with Gasteiger partial charge in [-0.25, -0.2) is 13.2 Å². The van der Waals surface area contributed by atoms with E-state index in [0.717, 1.165) is 6.26 Å². The number of carbonyl (C=O) groups is 2. The molecule has 8 heteroatoms. The van der Waals surface area contributed by atoms with E-state index in [9.17, 15) is 18.0 Å². The number of likely N-dealkylation sites (tertiary alicyclic amines) is 1. The Balaban J connectivity index is 2.14. The molecule has 0 aromatic heterocycles. The van der Waals surface area contributed by atoms with E-state index < -0.39 is 21.5 Å². The number of alkyl carbamates (subject to hydrolysis) is 1. The van der Waals surface area contributed by atoms with Crippen molar-refractivity contribution < 1.29 is 22.7 Å². The summed E-state index contributed by atoms with van der Waals surface area (Å²) in [6.45, 7) is 9.92. The Morgan fingerprint density at radius 3 is 2.41 bits per heavy atom. The fourth-order valence-electron chi connectivity index (χ4n) is 3.01. The van der Waals surface area contributed by atoms with Gasteiger partial charge in [0.1, 0.15) is 5.60 Å². The van der Waals surface area contributed by atoms with Crippen molar-refractivity contribution in [1.29, 1.82) is 0 Å². The van der Waals surface area contributed by atoms with Crippen LogP contribution in [-0.2, 0) is 14.6 Å². The zero-order valence-corrected chi connectivity index (χ0v) is 17.5. The summed E-state index contributed by atoms with van der Waals surface area (Å²) < 4.78 is 28.9. The van der Waals surface area contributed by atoms with Gasteiger partial charge in [0.2, 0.25) is 0 Å². The Morgan fingerprint density at radius 1 is 1.22 bits per heavy atom. The Bertz CT molecular complexity index is 842. The Morgan fingerprint density at radius 2 is 1.85 bits per heavy atom. The topological polar surface area (TPSA) is 92.8 Å². The smallest absolute Gasteiger partial charge is 0.407 e. The van der Waals surface area contributed by atoms with E-state index in [2.05, 4.69) is 5.32 Å². The molecule has 0 unspecified atom stereocenters. The van der Waals surface area contributed by atoms with Crippen LogP contribution in [0.15, 0.2) is 23.1 Å². The van der Waals surface area contributed by atoms with Gasteiger partial charge in [-0.05, 0) is 51.3 Å². The van der Waals surface area contributed by atoms with E-state index in [1.807, 2.05) is 6.92 Å². The van der Waals surface area contributed by atoms with Gasteiger partial charge in [-0.3, -0.25) is 4.79 Å². The summed E-state index contributed by atoms with van der Waals surface area (Å²) in [5.74, 6) is -0.182. The molecule has 2 amide bonds. The quantitative estimate of drug-likeness (QED) is 0.847. The Kier molecular flexibility index (Phi) is 5.89. The van der Waals surface area contributed by atoms with Crippen LogP contribution in [-0.4, -0.2) is 56.3 Å². The number of carbonyl (C=O) groups excluding carboxylic acids is 2. The van der Waals surface area contributed by atoms with Crippen LogP contribution in [0.5, 0.6) is 0 Å². The maximum Gasteiger partial charge on any atom is 0.407 e. The van der Waals surface area contributed by atoms with E-state index in [1.54, 1.807) is 38.7 Å². The van der Waals surface area contributed by atoms with E-state index in [4.69, 9.17) is 4.74 Å². The van der Waals surface area contributed by atoms with Crippen molar-refractivity contribution in [2.24, 2.45) is 5.92 Å². The first-order valence-electron chi connectivity index (χ1n) is 8.87. The molecular formula is C19H28N2O5S. The van der Waals surface area contributed by atoms with Gasteiger partial charge in [0, 0.05) is 24.9 Å². The Hall–Kier alpha value is -2.09. The first-order valence-corrected chi connectivity index (χ1v) is 10.8. The molecule has 7 nitrogen and oxygen atoms in total. The van der Waals surface area contributed by atoms with Gasteiger partial charge in [-0.15, -0.1) is 0 Å².